The second-order valence-electron chi connectivity index (χ2n) is 5.89. The minimum Gasteiger partial charge on any atom is -0.456 e. The van der Waals surface area contributed by atoms with Gasteiger partial charge in [0.05, 0.1) is 24.5 Å². The number of nitrogens with zero attached hydrogens (tertiary/aromatic N) is 5. The molecule has 0 radical (unpaired) electrons. The Hall–Kier alpha value is -2.01. The first kappa shape index (κ1) is 18.8. The van der Waals surface area contributed by atoms with Crippen LogP contribution in [0.15, 0.2) is 6.33 Å². The maximum atomic E-state index is 11.9. The van der Waals surface area contributed by atoms with Crippen LogP contribution >= 0.6 is 23.2 Å². The van der Waals surface area contributed by atoms with Crippen molar-refractivity contribution in [2.75, 3.05) is 6.61 Å². The van der Waals surface area contributed by atoms with E-state index in [1.807, 2.05) is 0 Å². The SMILES string of the molecule is CC(=O)OCC(=O)N(O)C1C[C@@H](n2cnc3c(Cl)nc(Cl)nc32)[C@@H](O)C1. The third-order valence-electron chi connectivity index (χ3n) is 4.18. The van der Waals surface area contributed by atoms with Crippen LogP contribution in [0.25, 0.3) is 11.2 Å². The fraction of sp³-hybridized carbons (Fsp3) is 0.500. The maximum absolute atomic E-state index is 11.9. The molecule has 0 saturated heterocycles. The van der Waals surface area contributed by atoms with Crippen molar-refractivity contribution >= 4 is 46.2 Å². The van der Waals surface area contributed by atoms with E-state index >= 15 is 0 Å². The highest BCUT2D eigenvalue weighted by molar-refractivity contribution is 6.35. The molecule has 3 rings (SSSR count). The van der Waals surface area contributed by atoms with Crippen LogP contribution in [0.2, 0.25) is 10.4 Å². The van der Waals surface area contributed by atoms with Crippen LogP contribution in [-0.4, -0.2) is 65.5 Å². The molecule has 0 aromatic carbocycles. The van der Waals surface area contributed by atoms with E-state index in [1.54, 1.807) is 4.57 Å². The third-order valence-corrected chi connectivity index (χ3v) is 4.61. The van der Waals surface area contributed by atoms with Gasteiger partial charge >= 0.3 is 5.97 Å². The van der Waals surface area contributed by atoms with E-state index in [0.717, 1.165) is 6.92 Å². The molecule has 1 amide bonds. The van der Waals surface area contributed by atoms with Crippen molar-refractivity contribution in [1.29, 1.82) is 0 Å². The Morgan fingerprint density at radius 1 is 1.38 bits per heavy atom. The summed E-state index contributed by atoms with van der Waals surface area (Å²) in [6.45, 7) is 0.585. The van der Waals surface area contributed by atoms with Gasteiger partial charge in [-0.2, -0.15) is 4.98 Å². The number of halogens is 2. The lowest BCUT2D eigenvalue weighted by atomic mass is 10.2. The molecule has 1 aliphatic rings. The van der Waals surface area contributed by atoms with Gasteiger partial charge in [0.2, 0.25) is 5.28 Å². The van der Waals surface area contributed by atoms with Gasteiger partial charge in [0.25, 0.3) is 5.91 Å². The standard InChI is InChI=1S/C14H15Cl2N5O5/c1-6(22)26-4-10(24)21(25)7-2-8(9(23)3-7)20-5-17-11-12(15)18-14(16)19-13(11)20/h5,7-9,23,25H,2-4H2,1H3/t7?,8-,9+/m1/s1. The topological polar surface area (TPSA) is 131 Å². The average Bonchev–Trinajstić information content (AvgIpc) is 3.15. The maximum Gasteiger partial charge on any atom is 0.303 e. The zero-order valence-corrected chi connectivity index (χ0v) is 15.1. The van der Waals surface area contributed by atoms with E-state index < -0.39 is 36.7 Å². The minimum absolute atomic E-state index is 0.0615. The normalized spacial score (nSPS) is 22.6. The highest BCUT2D eigenvalue weighted by Crippen LogP contribution is 2.35. The molecule has 1 unspecified atom stereocenters. The zero-order valence-electron chi connectivity index (χ0n) is 13.5. The molecule has 3 atom stereocenters. The van der Waals surface area contributed by atoms with Crippen LogP contribution in [-0.2, 0) is 14.3 Å². The molecule has 0 bridgehead atoms. The zero-order chi connectivity index (χ0) is 19.0. The summed E-state index contributed by atoms with van der Waals surface area (Å²) in [6, 6.07) is -1.17. The Kier molecular flexibility index (Phi) is 5.28. The van der Waals surface area contributed by atoms with Crippen LogP contribution in [0.3, 0.4) is 0 Å². The summed E-state index contributed by atoms with van der Waals surface area (Å²) < 4.78 is 6.17. The molecule has 26 heavy (non-hydrogen) atoms. The molecule has 1 saturated carbocycles. The lowest BCUT2D eigenvalue weighted by Gasteiger charge is -2.21. The molecule has 10 nitrogen and oxygen atoms in total. The van der Waals surface area contributed by atoms with Crippen molar-refractivity contribution in [2.24, 2.45) is 0 Å². The number of carbonyl (C=O) groups excluding carboxylic acids is 2. The van der Waals surface area contributed by atoms with E-state index in [-0.39, 0.29) is 23.3 Å². The van der Waals surface area contributed by atoms with E-state index in [9.17, 15) is 19.9 Å². The molecule has 1 aliphatic carbocycles. The number of rotatable bonds is 4. The first-order valence-electron chi connectivity index (χ1n) is 7.66. The molecule has 2 heterocycles. The first-order chi connectivity index (χ1) is 12.3. The number of aliphatic hydroxyl groups is 1. The summed E-state index contributed by atoms with van der Waals surface area (Å²) in [7, 11) is 0. The summed E-state index contributed by atoms with van der Waals surface area (Å²) in [5.41, 5.74) is 0.675. The van der Waals surface area contributed by atoms with Crippen molar-refractivity contribution < 1.29 is 24.6 Å². The quantitative estimate of drug-likeness (QED) is 0.254. The van der Waals surface area contributed by atoms with E-state index in [0.29, 0.717) is 16.2 Å². The Balaban J connectivity index is 1.79. The number of imidazole rings is 1. The van der Waals surface area contributed by atoms with Crippen LogP contribution in [0, 0.1) is 0 Å². The van der Waals surface area contributed by atoms with Crippen molar-refractivity contribution in [3.63, 3.8) is 0 Å². The fourth-order valence-corrected chi connectivity index (χ4v) is 3.42. The number of carbonyl (C=O) groups is 2. The highest BCUT2D eigenvalue weighted by atomic mass is 35.5. The van der Waals surface area contributed by atoms with Crippen LogP contribution < -0.4 is 0 Å². The summed E-state index contributed by atoms with van der Waals surface area (Å²) in [5.74, 6) is -1.41. The van der Waals surface area contributed by atoms with Crippen molar-refractivity contribution in [3.05, 3.63) is 16.8 Å². The third kappa shape index (κ3) is 3.58. The molecule has 2 aromatic rings. The Morgan fingerprint density at radius 3 is 2.81 bits per heavy atom. The number of hydroxylamine groups is 2. The van der Waals surface area contributed by atoms with E-state index in [2.05, 4.69) is 19.7 Å². The molecule has 2 aromatic heterocycles. The predicted molar refractivity (Wildman–Crippen MR) is 88.7 cm³/mol. The molecule has 0 spiro atoms. The number of aliphatic hydroxyl groups excluding tert-OH is 1. The Bertz CT molecular complexity index is 860. The lowest BCUT2D eigenvalue weighted by molar-refractivity contribution is -0.182. The molecule has 1 fully saturated rings. The molecule has 0 aliphatic heterocycles. The van der Waals surface area contributed by atoms with Gasteiger partial charge in [-0.25, -0.2) is 15.0 Å². The number of amides is 1. The number of aromatic nitrogens is 4. The minimum atomic E-state index is -0.874. The van der Waals surface area contributed by atoms with Crippen LogP contribution in [0.5, 0.6) is 0 Å². The van der Waals surface area contributed by atoms with Gasteiger partial charge in [0.15, 0.2) is 17.4 Å². The van der Waals surface area contributed by atoms with Gasteiger partial charge in [-0.15, -0.1) is 0 Å². The molecule has 140 valence electrons. The van der Waals surface area contributed by atoms with Gasteiger partial charge in [0, 0.05) is 6.92 Å². The second kappa shape index (κ2) is 7.31. The number of esters is 1. The number of hydrogen-bond donors (Lipinski definition) is 2. The fourth-order valence-electron chi connectivity index (χ4n) is 3.00. The molecular weight excluding hydrogens is 389 g/mol. The number of hydrogen-bond acceptors (Lipinski definition) is 8. The number of fused-ring (bicyclic) bond motifs is 1. The summed E-state index contributed by atoms with van der Waals surface area (Å²) in [4.78, 5) is 34.7. The van der Waals surface area contributed by atoms with Gasteiger partial charge < -0.3 is 14.4 Å². The smallest absolute Gasteiger partial charge is 0.303 e. The Morgan fingerprint density at radius 2 is 2.12 bits per heavy atom. The van der Waals surface area contributed by atoms with Crippen molar-refractivity contribution in [1.82, 2.24) is 24.6 Å². The van der Waals surface area contributed by atoms with E-state index in [1.165, 1.54) is 6.33 Å². The first-order valence-corrected chi connectivity index (χ1v) is 8.41. The van der Waals surface area contributed by atoms with Gasteiger partial charge in [-0.3, -0.25) is 14.8 Å². The molecule has 2 N–H and O–H groups in total. The van der Waals surface area contributed by atoms with Crippen LogP contribution in [0.4, 0.5) is 0 Å². The molecular formula is C14H15Cl2N5O5. The largest absolute Gasteiger partial charge is 0.456 e. The van der Waals surface area contributed by atoms with Gasteiger partial charge in [-0.1, -0.05) is 11.6 Å². The van der Waals surface area contributed by atoms with Crippen molar-refractivity contribution in [3.8, 4) is 0 Å². The summed E-state index contributed by atoms with van der Waals surface area (Å²) in [5, 5.41) is 21.0. The summed E-state index contributed by atoms with van der Waals surface area (Å²) in [6.07, 6.45) is 0.925. The van der Waals surface area contributed by atoms with Gasteiger partial charge in [0.1, 0.15) is 5.52 Å². The average molecular weight is 404 g/mol. The Labute approximate surface area is 157 Å². The number of ether oxygens (including phenoxy) is 1. The lowest BCUT2D eigenvalue weighted by Crippen LogP contribution is -2.39. The van der Waals surface area contributed by atoms with E-state index in [4.69, 9.17) is 23.2 Å². The summed E-state index contributed by atoms with van der Waals surface area (Å²) >= 11 is 11.8. The van der Waals surface area contributed by atoms with Gasteiger partial charge in [-0.05, 0) is 24.4 Å². The van der Waals surface area contributed by atoms with Crippen molar-refractivity contribution in [2.45, 2.75) is 38.0 Å². The predicted octanol–water partition coefficient (Wildman–Crippen LogP) is 0.978. The van der Waals surface area contributed by atoms with Crippen LogP contribution in [0.1, 0.15) is 25.8 Å². The monoisotopic (exact) mass is 403 g/mol. The highest BCUT2D eigenvalue weighted by Gasteiger charge is 2.39. The molecule has 12 heteroatoms. The second-order valence-corrected chi connectivity index (χ2v) is 6.58.